The minimum Gasteiger partial charge on any atom is -0.487 e. The number of nitrogens with one attached hydrogen (secondary N) is 1. The van der Waals surface area contributed by atoms with Crippen molar-refractivity contribution in [2.45, 2.75) is 26.2 Å². The molecule has 2 aromatic carbocycles. The maximum Gasteiger partial charge on any atom is 0.262 e. The Morgan fingerprint density at radius 3 is 2.54 bits per heavy atom. The Morgan fingerprint density at radius 1 is 1.15 bits per heavy atom. The summed E-state index contributed by atoms with van der Waals surface area (Å²) in [4.78, 5) is 12.2. The number of hydrogen-bond acceptors (Lipinski definition) is 3. The van der Waals surface area contributed by atoms with Gasteiger partial charge in [0, 0.05) is 0 Å². The molecule has 0 aromatic heterocycles. The molecule has 4 nitrogen and oxygen atoms in total. The molecule has 0 aliphatic rings. The van der Waals surface area contributed by atoms with Crippen LogP contribution in [0.25, 0.3) is 0 Å². The average Bonchev–Trinajstić information content (AvgIpc) is 2.59. The Kier molecular flexibility index (Phi) is 6.86. The number of benzene rings is 2. The normalized spacial score (nSPS) is 10.9. The number of halogens is 1. The second kappa shape index (κ2) is 8.90. The van der Waals surface area contributed by atoms with Crippen molar-refractivity contribution in [3.63, 3.8) is 0 Å². The van der Waals surface area contributed by atoms with Crippen LogP contribution in [0.4, 0.5) is 5.69 Å². The first-order valence-corrected chi connectivity index (χ1v) is 9.16. The number of anilines is 1. The van der Waals surface area contributed by atoms with E-state index < -0.39 is 0 Å². The molecule has 138 valence electrons. The van der Waals surface area contributed by atoms with Gasteiger partial charge in [-0.2, -0.15) is 0 Å². The smallest absolute Gasteiger partial charge is 0.262 e. The third-order valence-electron chi connectivity index (χ3n) is 3.67. The van der Waals surface area contributed by atoms with E-state index in [4.69, 9.17) is 9.47 Å². The van der Waals surface area contributed by atoms with Gasteiger partial charge < -0.3 is 14.8 Å². The van der Waals surface area contributed by atoms with Crippen LogP contribution in [0.1, 0.15) is 26.3 Å². The number of hydrogen-bond donors (Lipinski definition) is 1. The number of rotatable bonds is 7. The van der Waals surface area contributed by atoms with Gasteiger partial charge in [0.25, 0.3) is 5.91 Å². The first-order valence-electron chi connectivity index (χ1n) is 8.36. The maximum absolute atomic E-state index is 12.2. The van der Waals surface area contributed by atoms with Gasteiger partial charge in [0.05, 0.1) is 10.2 Å². The van der Waals surface area contributed by atoms with Crippen molar-refractivity contribution in [3.8, 4) is 11.5 Å². The van der Waals surface area contributed by atoms with Crippen LogP contribution in [-0.2, 0) is 10.2 Å². The summed E-state index contributed by atoms with van der Waals surface area (Å²) < 4.78 is 12.0. The van der Waals surface area contributed by atoms with Gasteiger partial charge in [0.1, 0.15) is 18.1 Å². The highest BCUT2D eigenvalue weighted by Gasteiger charge is 2.16. The van der Waals surface area contributed by atoms with E-state index in [9.17, 15) is 4.79 Å². The molecule has 26 heavy (non-hydrogen) atoms. The Labute approximate surface area is 163 Å². The lowest BCUT2D eigenvalue weighted by Gasteiger charge is -2.20. The van der Waals surface area contributed by atoms with Crippen molar-refractivity contribution in [1.29, 1.82) is 0 Å². The minimum atomic E-state index is -0.258. The fourth-order valence-corrected chi connectivity index (χ4v) is 2.75. The summed E-state index contributed by atoms with van der Waals surface area (Å²) in [5.74, 6) is 0.965. The molecular weight excluding hydrogens is 394 g/mol. The van der Waals surface area contributed by atoms with Crippen LogP contribution >= 0.6 is 15.9 Å². The summed E-state index contributed by atoms with van der Waals surface area (Å²) in [5, 5.41) is 2.81. The predicted octanol–water partition coefficient (Wildman–Crippen LogP) is 5.33. The van der Waals surface area contributed by atoms with E-state index in [2.05, 4.69) is 48.6 Å². The SMILES string of the molecule is C=CCOc1ccccc1NC(=O)COc1ccc(C(C)(C)C)cc1Br. The lowest BCUT2D eigenvalue weighted by Crippen LogP contribution is -2.21. The predicted molar refractivity (Wildman–Crippen MR) is 109 cm³/mol. The molecule has 0 unspecified atom stereocenters. The van der Waals surface area contributed by atoms with Gasteiger partial charge in [0.15, 0.2) is 6.61 Å². The molecule has 0 atom stereocenters. The van der Waals surface area contributed by atoms with Crippen molar-refractivity contribution in [2.24, 2.45) is 0 Å². The van der Waals surface area contributed by atoms with Crippen LogP contribution in [0.2, 0.25) is 0 Å². The van der Waals surface area contributed by atoms with Crippen molar-refractivity contribution in [1.82, 2.24) is 0 Å². The minimum absolute atomic E-state index is 0.0492. The molecular formula is C21H24BrNO3. The van der Waals surface area contributed by atoms with Crippen molar-refractivity contribution < 1.29 is 14.3 Å². The van der Waals surface area contributed by atoms with Crippen LogP contribution in [-0.4, -0.2) is 19.1 Å². The third-order valence-corrected chi connectivity index (χ3v) is 4.29. The largest absolute Gasteiger partial charge is 0.487 e. The molecule has 0 saturated carbocycles. The van der Waals surface area contributed by atoms with Crippen LogP contribution in [0.5, 0.6) is 11.5 Å². The molecule has 1 N–H and O–H groups in total. The van der Waals surface area contributed by atoms with E-state index >= 15 is 0 Å². The summed E-state index contributed by atoms with van der Waals surface area (Å²) in [6.07, 6.45) is 1.65. The molecule has 2 aromatic rings. The summed E-state index contributed by atoms with van der Waals surface area (Å²) in [6.45, 7) is 10.3. The monoisotopic (exact) mass is 417 g/mol. The van der Waals surface area contributed by atoms with Gasteiger partial charge in [-0.1, -0.05) is 51.6 Å². The molecule has 1 amide bonds. The van der Waals surface area contributed by atoms with Gasteiger partial charge in [-0.05, 0) is 51.2 Å². The van der Waals surface area contributed by atoms with Crippen LogP contribution < -0.4 is 14.8 Å². The van der Waals surface area contributed by atoms with E-state index in [0.717, 1.165) is 4.47 Å². The number of para-hydroxylation sites is 2. The summed E-state index contributed by atoms with van der Waals surface area (Å²) in [6, 6.07) is 13.2. The molecule has 0 spiro atoms. The van der Waals surface area contributed by atoms with E-state index in [1.54, 1.807) is 18.2 Å². The van der Waals surface area contributed by atoms with Gasteiger partial charge in [-0.25, -0.2) is 0 Å². The molecule has 0 heterocycles. The summed E-state index contributed by atoms with van der Waals surface area (Å²) >= 11 is 3.51. The number of carbonyl (C=O) groups excluding carboxylic acids is 1. The quantitative estimate of drug-likeness (QED) is 0.619. The van der Waals surface area contributed by atoms with Gasteiger partial charge >= 0.3 is 0 Å². The standard InChI is InChI=1S/C21H24BrNO3/c1-5-12-25-19-9-7-6-8-17(19)23-20(24)14-26-18-11-10-15(13-16(18)22)21(2,3)4/h5-11,13H,1,12,14H2,2-4H3,(H,23,24). The molecule has 0 aliphatic carbocycles. The zero-order chi connectivity index (χ0) is 19.2. The fraction of sp³-hybridized carbons (Fsp3) is 0.286. The number of carbonyl (C=O) groups is 1. The molecule has 0 bridgehead atoms. The highest BCUT2D eigenvalue weighted by Crippen LogP contribution is 2.31. The Morgan fingerprint density at radius 2 is 1.88 bits per heavy atom. The van der Waals surface area contributed by atoms with Gasteiger partial charge in [-0.15, -0.1) is 0 Å². The Balaban J connectivity index is 1.98. The highest BCUT2D eigenvalue weighted by molar-refractivity contribution is 9.10. The van der Waals surface area contributed by atoms with Crippen LogP contribution in [0.15, 0.2) is 59.6 Å². The topological polar surface area (TPSA) is 47.6 Å². The lowest BCUT2D eigenvalue weighted by atomic mass is 9.87. The maximum atomic E-state index is 12.2. The molecule has 0 aliphatic heterocycles. The Hall–Kier alpha value is -2.27. The zero-order valence-corrected chi connectivity index (χ0v) is 16.9. The van der Waals surface area contributed by atoms with Gasteiger partial charge in [0.2, 0.25) is 0 Å². The number of amides is 1. The molecule has 0 radical (unpaired) electrons. The zero-order valence-electron chi connectivity index (χ0n) is 15.3. The third kappa shape index (κ3) is 5.63. The molecule has 0 fully saturated rings. The lowest BCUT2D eigenvalue weighted by molar-refractivity contribution is -0.118. The second-order valence-electron chi connectivity index (χ2n) is 6.83. The second-order valence-corrected chi connectivity index (χ2v) is 7.68. The Bertz CT molecular complexity index is 781. The number of ether oxygens (including phenoxy) is 2. The molecule has 0 saturated heterocycles. The van der Waals surface area contributed by atoms with Crippen molar-refractivity contribution >= 4 is 27.5 Å². The van der Waals surface area contributed by atoms with Crippen LogP contribution in [0.3, 0.4) is 0 Å². The van der Waals surface area contributed by atoms with Crippen molar-refractivity contribution in [2.75, 3.05) is 18.5 Å². The highest BCUT2D eigenvalue weighted by atomic mass is 79.9. The first-order chi connectivity index (χ1) is 12.3. The average molecular weight is 418 g/mol. The van der Waals surface area contributed by atoms with E-state index in [1.165, 1.54) is 5.56 Å². The van der Waals surface area contributed by atoms with Gasteiger partial charge in [-0.3, -0.25) is 4.79 Å². The van der Waals surface area contributed by atoms with Crippen LogP contribution in [0, 0.1) is 0 Å². The van der Waals surface area contributed by atoms with E-state index in [1.807, 2.05) is 30.3 Å². The molecule has 5 heteroatoms. The summed E-state index contributed by atoms with van der Waals surface area (Å²) in [5.41, 5.74) is 1.84. The molecule has 2 rings (SSSR count). The van der Waals surface area contributed by atoms with E-state index in [0.29, 0.717) is 23.8 Å². The fourth-order valence-electron chi connectivity index (χ4n) is 2.26. The van der Waals surface area contributed by atoms with E-state index in [-0.39, 0.29) is 17.9 Å². The first kappa shape index (κ1) is 20.0. The summed E-state index contributed by atoms with van der Waals surface area (Å²) in [7, 11) is 0. The van der Waals surface area contributed by atoms with Crippen molar-refractivity contribution in [3.05, 3.63) is 65.2 Å².